The highest BCUT2D eigenvalue weighted by atomic mass is 16.4. The quantitative estimate of drug-likeness (QED) is 0.398. The Bertz CT molecular complexity index is 664. The summed E-state index contributed by atoms with van der Waals surface area (Å²) in [6.45, 7) is 0. The number of hydrogen-bond donors (Lipinski definition) is 5. The van der Waals surface area contributed by atoms with E-state index in [9.17, 15) is 9.59 Å². The van der Waals surface area contributed by atoms with Gasteiger partial charge in [0.25, 0.3) is 5.95 Å². The molecule has 2 heterocycles. The number of carboxylic acid groups (broad SMARTS) is 2. The number of aromatic amines is 1. The molecule has 2 rings (SSSR count). The van der Waals surface area contributed by atoms with Crippen LogP contribution in [0.4, 0.5) is 21.4 Å². The van der Waals surface area contributed by atoms with E-state index in [4.69, 9.17) is 10.2 Å². The van der Waals surface area contributed by atoms with Crippen molar-refractivity contribution < 1.29 is 19.8 Å². The Hall–Kier alpha value is -3.31. The molecule has 0 radical (unpaired) electrons. The fourth-order valence-corrected chi connectivity index (χ4v) is 1.16. The molecule has 0 unspecified atom stereocenters. The van der Waals surface area contributed by atoms with Crippen LogP contribution in [-0.2, 0) is 0 Å². The molecule has 0 aliphatic heterocycles. The highest BCUT2D eigenvalue weighted by Gasteiger charge is 2.10. The van der Waals surface area contributed by atoms with Crippen molar-refractivity contribution in [3.8, 4) is 0 Å². The van der Waals surface area contributed by atoms with Crippen LogP contribution in [0.3, 0.4) is 0 Å². The Balaban J connectivity index is 2.39. The maximum Gasteiger partial charge on any atom is 0.450 e. The third kappa shape index (κ3) is 2.87. The first-order valence-electron chi connectivity index (χ1n) is 4.67. The predicted molar refractivity (Wildman–Crippen MR) is 59.0 cm³/mol. The summed E-state index contributed by atoms with van der Waals surface area (Å²) in [7, 11) is 0. The number of azo groups is 1. The monoisotopic (exact) mass is 266 g/mol. The van der Waals surface area contributed by atoms with Crippen molar-refractivity contribution in [2.45, 2.75) is 0 Å². The molecule has 2 amide bonds. The Morgan fingerprint density at radius 3 is 2.79 bits per heavy atom. The average molecular weight is 266 g/mol. The minimum absolute atomic E-state index is 0.0317. The maximum absolute atomic E-state index is 10.4. The van der Waals surface area contributed by atoms with Gasteiger partial charge < -0.3 is 15.2 Å². The lowest BCUT2D eigenvalue weighted by atomic mass is 10.5. The van der Waals surface area contributed by atoms with E-state index in [1.807, 2.05) is 5.43 Å². The normalized spacial score (nSPS) is 10.7. The number of hydrazine groups is 1. The number of nitrogens with zero attached hydrogens (tertiary/aromatic N) is 5. The molecular weight excluding hydrogens is 260 g/mol. The van der Waals surface area contributed by atoms with E-state index in [1.165, 1.54) is 6.33 Å². The summed E-state index contributed by atoms with van der Waals surface area (Å²) in [5.74, 6) is -0.249. The van der Waals surface area contributed by atoms with Crippen molar-refractivity contribution in [3.05, 3.63) is 6.33 Å². The Morgan fingerprint density at radius 1 is 1.32 bits per heavy atom. The van der Waals surface area contributed by atoms with Gasteiger partial charge in [-0.05, 0) is 0 Å². The third-order valence-electron chi connectivity index (χ3n) is 1.79. The van der Waals surface area contributed by atoms with Crippen molar-refractivity contribution >= 4 is 35.1 Å². The van der Waals surface area contributed by atoms with Gasteiger partial charge in [-0.15, -0.1) is 5.11 Å². The van der Waals surface area contributed by atoms with Crippen LogP contribution in [0.2, 0.25) is 0 Å². The SMILES string of the molecule is O=C(O)N=Nc1nc(NNC(=O)O)c2[nH]cnc2n1. The van der Waals surface area contributed by atoms with Crippen LogP contribution in [0.5, 0.6) is 0 Å². The van der Waals surface area contributed by atoms with E-state index in [-0.39, 0.29) is 17.4 Å². The lowest BCUT2D eigenvalue weighted by molar-refractivity contribution is 0.196. The van der Waals surface area contributed by atoms with Gasteiger partial charge in [0.15, 0.2) is 11.5 Å². The molecule has 0 bridgehead atoms. The number of rotatable bonds is 3. The highest BCUT2D eigenvalue weighted by molar-refractivity contribution is 5.84. The fourth-order valence-electron chi connectivity index (χ4n) is 1.16. The minimum Gasteiger partial charge on any atom is -0.464 e. The highest BCUT2D eigenvalue weighted by Crippen LogP contribution is 2.19. The smallest absolute Gasteiger partial charge is 0.450 e. The van der Waals surface area contributed by atoms with Gasteiger partial charge in [-0.1, -0.05) is 5.11 Å². The first kappa shape index (κ1) is 12.2. The first-order chi connectivity index (χ1) is 9.06. The van der Waals surface area contributed by atoms with Gasteiger partial charge in [0.1, 0.15) is 5.52 Å². The first-order valence-corrected chi connectivity index (χ1v) is 4.67. The second-order valence-corrected chi connectivity index (χ2v) is 3.01. The van der Waals surface area contributed by atoms with Gasteiger partial charge in [-0.2, -0.15) is 9.97 Å². The summed E-state index contributed by atoms with van der Waals surface area (Å²) >= 11 is 0. The van der Waals surface area contributed by atoms with Crippen LogP contribution in [0.15, 0.2) is 16.6 Å². The molecule has 12 heteroatoms. The van der Waals surface area contributed by atoms with E-state index >= 15 is 0 Å². The molecule has 0 aliphatic carbocycles. The number of imidazole rings is 1. The van der Waals surface area contributed by atoms with Gasteiger partial charge in [-0.25, -0.2) is 20.0 Å². The molecule has 19 heavy (non-hydrogen) atoms. The van der Waals surface area contributed by atoms with Crippen LogP contribution >= 0.6 is 0 Å². The summed E-state index contributed by atoms with van der Waals surface area (Å²) in [4.78, 5) is 34.7. The Labute approximate surface area is 103 Å². The lowest BCUT2D eigenvalue weighted by Gasteiger charge is -2.04. The summed E-state index contributed by atoms with van der Waals surface area (Å²) < 4.78 is 0. The third-order valence-corrected chi connectivity index (χ3v) is 1.79. The van der Waals surface area contributed by atoms with Gasteiger partial charge in [0.05, 0.1) is 6.33 Å². The van der Waals surface area contributed by atoms with Crippen LogP contribution in [0, 0.1) is 0 Å². The number of anilines is 1. The number of nitrogens with one attached hydrogen (secondary N) is 3. The van der Waals surface area contributed by atoms with Crippen molar-refractivity contribution in [2.75, 3.05) is 5.43 Å². The van der Waals surface area contributed by atoms with Crippen molar-refractivity contribution in [2.24, 2.45) is 10.2 Å². The number of carbonyl (C=O) groups is 2. The second-order valence-electron chi connectivity index (χ2n) is 3.01. The van der Waals surface area contributed by atoms with E-state index in [0.29, 0.717) is 5.52 Å². The number of hydrogen-bond acceptors (Lipinski definition) is 7. The zero-order valence-corrected chi connectivity index (χ0v) is 9.02. The van der Waals surface area contributed by atoms with Crippen molar-refractivity contribution in [1.29, 1.82) is 0 Å². The molecule has 0 spiro atoms. The largest absolute Gasteiger partial charge is 0.464 e. The lowest BCUT2D eigenvalue weighted by Crippen LogP contribution is -2.28. The summed E-state index contributed by atoms with van der Waals surface area (Å²) in [5, 5.41) is 22.9. The Kier molecular flexibility index (Phi) is 3.14. The minimum atomic E-state index is -1.51. The average Bonchev–Trinajstić information content (AvgIpc) is 2.81. The summed E-state index contributed by atoms with van der Waals surface area (Å²) in [6, 6.07) is 0. The van der Waals surface area contributed by atoms with Crippen LogP contribution < -0.4 is 10.9 Å². The van der Waals surface area contributed by atoms with Crippen LogP contribution in [-0.4, -0.2) is 42.3 Å². The molecule has 5 N–H and O–H groups in total. The number of fused-ring (bicyclic) bond motifs is 1. The molecule has 12 nitrogen and oxygen atoms in total. The number of aromatic nitrogens is 4. The molecule has 0 aromatic carbocycles. The van der Waals surface area contributed by atoms with Crippen LogP contribution in [0.25, 0.3) is 11.2 Å². The van der Waals surface area contributed by atoms with Gasteiger partial charge >= 0.3 is 12.2 Å². The van der Waals surface area contributed by atoms with E-state index in [1.54, 1.807) is 0 Å². The van der Waals surface area contributed by atoms with E-state index in [2.05, 4.69) is 35.6 Å². The van der Waals surface area contributed by atoms with E-state index in [0.717, 1.165) is 0 Å². The second kappa shape index (κ2) is 4.91. The molecule has 0 fully saturated rings. The fraction of sp³-hybridized carbons (Fsp3) is 0. The molecule has 0 aliphatic rings. The summed E-state index contributed by atoms with van der Waals surface area (Å²) in [6.07, 6.45) is -1.53. The van der Waals surface area contributed by atoms with Gasteiger partial charge in [0.2, 0.25) is 0 Å². The maximum atomic E-state index is 10.4. The van der Waals surface area contributed by atoms with Gasteiger partial charge in [0, 0.05) is 0 Å². The van der Waals surface area contributed by atoms with Crippen molar-refractivity contribution in [3.63, 3.8) is 0 Å². The molecule has 0 atom stereocenters. The molecule has 98 valence electrons. The zero-order chi connectivity index (χ0) is 13.8. The summed E-state index contributed by atoms with van der Waals surface area (Å²) in [5.41, 5.74) is 4.65. The Morgan fingerprint density at radius 2 is 2.11 bits per heavy atom. The predicted octanol–water partition coefficient (Wildman–Crippen LogP) is 0.709. The molecular formula is C7H6N8O4. The number of amides is 2. The topological polar surface area (TPSA) is 178 Å². The van der Waals surface area contributed by atoms with Crippen molar-refractivity contribution in [1.82, 2.24) is 25.4 Å². The number of H-pyrrole nitrogens is 1. The molecule has 0 saturated heterocycles. The molecule has 2 aromatic heterocycles. The van der Waals surface area contributed by atoms with Gasteiger partial charge in [-0.3, -0.25) is 5.43 Å². The zero-order valence-electron chi connectivity index (χ0n) is 9.02. The molecule has 0 saturated carbocycles. The van der Waals surface area contributed by atoms with E-state index < -0.39 is 12.2 Å². The van der Waals surface area contributed by atoms with Crippen LogP contribution in [0.1, 0.15) is 0 Å². The molecule has 2 aromatic rings. The standard InChI is InChI=1S/C7H6N8O4/c16-6(17)14-12-4-2-3(9-1-8-2)10-5(11-4)13-15-7(18)19/h1,14H,(H,16,17)(H,18,19)(H2,8,9,10,11,12).